The van der Waals surface area contributed by atoms with Gasteiger partial charge in [-0.3, -0.25) is 0 Å². The van der Waals surface area contributed by atoms with Crippen LogP contribution in [-0.2, 0) is 17.1 Å². The molecule has 1 nitrogen and oxygen atoms in total. The van der Waals surface area contributed by atoms with Gasteiger partial charge in [0.05, 0.1) is 0 Å². The van der Waals surface area contributed by atoms with Gasteiger partial charge in [-0.1, -0.05) is 0 Å². The van der Waals surface area contributed by atoms with Gasteiger partial charge in [-0.2, -0.15) is 12.6 Å². The van der Waals surface area contributed by atoms with Crippen LogP contribution in [0.2, 0.25) is 0 Å². The molecule has 0 amide bonds. The Morgan fingerprint density at radius 1 is 1.60 bits per heavy atom. The summed E-state index contributed by atoms with van der Waals surface area (Å²) < 4.78 is 0. The van der Waals surface area contributed by atoms with Crippen LogP contribution < -0.4 is 5.73 Å². The molecule has 0 saturated heterocycles. The first-order valence-electron chi connectivity index (χ1n) is 1.22. The second-order valence-electron chi connectivity index (χ2n) is 0.512. The number of nitrogens with two attached hydrogens (primary N) is 1. The molecule has 0 heterocycles. The monoisotopic (exact) mass is 133 g/mol. The molecule has 0 saturated carbocycles. The molecule has 0 spiro atoms. The standard InChI is InChI=1S/C2H7NS.Fe/c3-1-2-4;/h4H,1-3H2;. The van der Waals surface area contributed by atoms with Gasteiger partial charge in [-0.05, 0) is 0 Å². The maximum absolute atomic E-state index is 4.95. The van der Waals surface area contributed by atoms with E-state index >= 15 is 0 Å². The molecule has 0 aromatic heterocycles. The van der Waals surface area contributed by atoms with E-state index in [-0.39, 0.29) is 17.1 Å². The zero-order valence-electron chi connectivity index (χ0n) is 2.79. The third kappa shape index (κ3) is 11.6. The molecule has 0 aromatic rings. The number of thiol groups is 1. The summed E-state index contributed by atoms with van der Waals surface area (Å²) in [6.45, 7) is 0.684. The van der Waals surface area contributed by atoms with Crippen molar-refractivity contribution in [3.05, 3.63) is 0 Å². The number of hydrogen-bond donors (Lipinski definition) is 2. The van der Waals surface area contributed by atoms with E-state index in [1.165, 1.54) is 0 Å². The fraction of sp³-hybridized carbons (Fsp3) is 1.00. The molecule has 0 aliphatic rings. The largest absolute Gasteiger partial charge is 0.330 e. The van der Waals surface area contributed by atoms with Crippen molar-refractivity contribution in [1.29, 1.82) is 0 Å². The van der Waals surface area contributed by atoms with Crippen molar-refractivity contribution in [2.24, 2.45) is 5.73 Å². The Bertz CT molecular complexity index is 11.6. The summed E-state index contributed by atoms with van der Waals surface area (Å²) in [5.74, 6) is 0.792. The Morgan fingerprint density at radius 3 is 1.80 bits per heavy atom. The molecular weight excluding hydrogens is 126 g/mol. The van der Waals surface area contributed by atoms with Gasteiger partial charge in [-0.15, -0.1) is 0 Å². The van der Waals surface area contributed by atoms with Crippen LogP contribution in [0.25, 0.3) is 0 Å². The predicted octanol–water partition coefficient (Wildman–Crippen LogP) is -0.128. The van der Waals surface area contributed by atoms with Crippen LogP contribution in [0, 0.1) is 0 Å². The Hall–Kier alpha value is 0.829. The summed E-state index contributed by atoms with van der Waals surface area (Å²) >= 11 is 3.80. The Balaban J connectivity index is 0. The smallest absolute Gasteiger partial charge is 0.00255 e. The Morgan fingerprint density at radius 2 is 1.80 bits per heavy atom. The van der Waals surface area contributed by atoms with E-state index in [2.05, 4.69) is 12.6 Å². The second kappa shape index (κ2) is 8.85. The van der Waals surface area contributed by atoms with Gasteiger partial charge < -0.3 is 5.73 Å². The molecule has 0 radical (unpaired) electrons. The molecule has 34 valence electrons. The van der Waals surface area contributed by atoms with Crippen molar-refractivity contribution in [1.82, 2.24) is 0 Å². The molecule has 0 atom stereocenters. The van der Waals surface area contributed by atoms with Crippen molar-refractivity contribution in [3.63, 3.8) is 0 Å². The summed E-state index contributed by atoms with van der Waals surface area (Å²) in [4.78, 5) is 0. The van der Waals surface area contributed by atoms with E-state index < -0.39 is 0 Å². The molecule has 0 rings (SSSR count). The first-order chi connectivity index (χ1) is 1.91. The SMILES string of the molecule is NCCS.[Fe]. The van der Waals surface area contributed by atoms with Crippen molar-refractivity contribution >= 4 is 12.6 Å². The van der Waals surface area contributed by atoms with Gasteiger partial charge in [0, 0.05) is 29.4 Å². The summed E-state index contributed by atoms with van der Waals surface area (Å²) in [5, 5.41) is 0. The minimum atomic E-state index is 0. The number of hydrogen-bond acceptors (Lipinski definition) is 2. The van der Waals surface area contributed by atoms with Gasteiger partial charge in [0.15, 0.2) is 0 Å². The van der Waals surface area contributed by atoms with Crippen LogP contribution in [0.15, 0.2) is 0 Å². The normalized spacial score (nSPS) is 6.00. The molecule has 2 N–H and O–H groups in total. The predicted molar refractivity (Wildman–Crippen MR) is 22.9 cm³/mol. The molecular formula is C2H7FeNS. The van der Waals surface area contributed by atoms with Crippen molar-refractivity contribution in [2.75, 3.05) is 12.3 Å². The summed E-state index contributed by atoms with van der Waals surface area (Å²) in [6.07, 6.45) is 0. The molecule has 0 unspecified atom stereocenters. The summed E-state index contributed by atoms with van der Waals surface area (Å²) in [6, 6.07) is 0. The quantitative estimate of drug-likeness (QED) is 0.378. The maximum atomic E-state index is 4.95. The minimum Gasteiger partial charge on any atom is -0.330 e. The van der Waals surface area contributed by atoms with Crippen molar-refractivity contribution < 1.29 is 17.1 Å². The summed E-state index contributed by atoms with van der Waals surface area (Å²) in [7, 11) is 0. The van der Waals surface area contributed by atoms with Gasteiger partial charge in [0.25, 0.3) is 0 Å². The van der Waals surface area contributed by atoms with Crippen LogP contribution in [0.1, 0.15) is 0 Å². The van der Waals surface area contributed by atoms with E-state index in [0.29, 0.717) is 6.54 Å². The fourth-order valence-electron chi connectivity index (χ4n) is 0. The van der Waals surface area contributed by atoms with E-state index in [4.69, 9.17) is 5.73 Å². The fourth-order valence-corrected chi connectivity index (χ4v) is 0. The van der Waals surface area contributed by atoms with Crippen LogP contribution >= 0.6 is 12.6 Å². The molecule has 0 aliphatic heterocycles. The van der Waals surface area contributed by atoms with Crippen molar-refractivity contribution in [2.45, 2.75) is 0 Å². The molecule has 0 aromatic carbocycles. The molecule has 5 heavy (non-hydrogen) atoms. The molecule has 0 aliphatic carbocycles. The zero-order valence-corrected chi connectivity index (χ0v) is 4.79. The van der Waals surface area contributed by atoms with Gasteiger partial charge in [0.1, 0.15) is 0 Å². The average Bonchev–Trinajstić information content (AvgIpc) is 1.37. The molecule has 0 fully saturated rings. The third-order valence-electron chi connectivity index (χ3n) is 0.129. The topological polar surface area (TPSA) is 26.0 Å². The van der Waals surface area contributed by atoms with E-state index in [9.17, 15) is 0 Å². The molecule has 3 heteroatoms. The minimum absolute atomic E-state index is 0. The van der Waals surface area contributed by atoms with Gasteiger partial charge in [-0.25, -0.2) is 0 Å². The first kappa shape index (κ1) is 9.27. The summed E-state index contributed by atoms with van der Waals surface area (Å²) in [5.41, 5.74) is 4.95. The maximum Gasteiger partial charge on any atom is 0.00255 e. The second-order valence-corrected chi connectivity index (χ2v) is 0.959. The Kier molecular flexibility index (Phi) is 16.4. The van der Waals surface area contributed by atoms with Crippen LogP contribution in [-0.4, -0.2) is 12.3 Å². The average molecular weight is 133 g/mol. The first-order valence-corrected chi connectivity index (χ1v) is 1.86. The van der Waals surface area contributed by atoms with E-state index in [1.54, 1.807) is 0 Å². The Labute approximate surface area is 48.2 Å². The number of rotatable bonds is 1. The van der Waals surface area contributed by atoms with Gasteiger partial charge in [0.2, 0.25) is 0 Å². The van der Waals surface area contributed by atoms with E-state index in [1.807, 2.05) is 0 Å². The molecule has 0 bridgehead atoms. The van der Waals surface area contributed by atoms with Crippen molar-refractivity contribution in [3.8, 4) is 0 Å². The van der Waals surface area contributed by atoms with Crippen LogP contribution in [0.5, 0.6) is 0 Å². The van der Waals surface area contributed by atoms with Crippen LogP contribution in [0.4, 0.5) is 0 Å². The van der Waals surface area contributed by atoms with Crippen LogP contribution in [0.3, 0.4) is 0 Å². The third-order valence-corrected chi connectivity index (χ3v) is 0.387. The van der Waals surface area contributed by atoms with Gasteiger partial charge >= 0.3 is 0 Å². The zero-order chi connectivity index (χ0) is 3.41. The van der Waals surface area contributed by atoms with E-state index in [0.717, 1.165) is 5.75 Å².